The fourth-order valence-electron chi connectivity index (χ4n) is 2.39. The monoisotopic (exact) mass is 273 g/mol. The number of piperidine rings is 1. The third-order valence-corrected chi connectivity index (χ3v) is 3.51. The lowest BCUT2D eigenvalue weighted by atomic mass is 10.1. The topological polar surface area (TPSA) is 71.8 Å². The van der Waals surface area contributed by atoms with Crippen LogP contribution in [0.25, 0.3) is 11.6 Å². The maximum Gasteiger partial charge on any atom is 0.230 e. The van der Waals surface area contributed by atoms with Crippen LogP contribution < -0.4 is 10.2 Å². The summed E-state index contributed by atoms with van der Waals surface area (Å²) in [5, 5.41) is 3.00. The standard InChI is InChI=1S/C13H19N7/c1-14-12-16-10(11-15-6-9-19(11)2)17-13(18-12)20-7-4-3-5-8-20/h6,9H,3-5,7-8H2,1-2H3,(H,14,16,17,18). The van der Waals surface area contributed by atoms with Gasteiger partial charge in [-0.25, -0.2) is 4.98 Å². The average Bonchev–Trinajstić information content (AvgIpc) is 2.94. The normalized spacial score (nSPS) is 15.4. The molecule has 1 aliphatic rings. The van der Waals surface area contributed by atoms with Crippen molar-refractivity contribution in [3.05, 3.63) is 12.4 Å². The van der Waals surface area contributed by atoms with E-state index in [9.17, 15) is 0 Å². The van der Waals surface area contributed by atoms with E-state index in [4.69, 9.17) is 0 Å². The van der Waals surface area contributed by atoms with Crippen LogP contribution in [0.2, 0.25) is 0 Å². The van der Waals surface area contributed by atoms with Crippen molar-refractivity contribution >= 4 is 11.9 Å². The Balaban J connectivity index is 2.00. The van der Waals surface area contributed by atoms with Crippen molar-refractivity contribution < 1.29 is 0 Å². The SMILES string of the molecule is CNc1nc(-c2nccn2C)nc(N2CCCCC2)n1. The maximum atomic E-state index is 4.59. The first-order valence-corrected chi connectivity index (χ1v) is 6.94. The lowest BCUT2D eigenvalue weighted by molar-refractivity contribution is 0.567. The van der Waals surface area contributed by atoms with E-state index in [0.29, 0.717) is 11.8 Å². The fourth-order valence-corrected chi connectivity index (χ4v) is 2.39. The first kappa shape index (κ1) is 12.8. The highest BCUT2D eigenvalue weighted by Gasteiger charge is 2.17. The third kappa shape index (κ3) is 2.43. The summed E-state index contributed by atoms with van der Waals surface area (Å²) in [6.07, 6.45) is 7.31. The number of aryl methyl sites for hydroxylation is 1. The minimum absolute atomic E-state index is 0.582. The molecule has 7 heteroatoms. The molecule has 3 rings (SSSR count). The molecule has 20 heavy (non-hydrogen) atoms. The molecule has 0 spiro atoms. The molecule has 0 aliphatic carbocycles. The molecule has 106 valence electrons. The van der Waals surface area contributed by atoms with Gasteiger partial charge in [0, 0.05) is 39.6 Å². The summed E-state index contributed by atoms with van der Waals surface area (Å²) in [6.45, 7) is 2.01. The van der Waals surface area contributed by atoms with Gasteiger partial charge in [0.05, 0.1) is 0 Å². The van der Waals surface area contributed by atoms with E-state index in [1.54, 1.807) is 6.20 Å². The number of anilines is 2. The zero-order valence-corrected chi connectivity index (χ0v) is 11.9. The summed E-state index contributed by atoms with van der Waals surface area (Å²) < 4.78 is 1.91. The Hall–Kier alpha value is -2.18. The zero-order valence-electron chi connectivity index (χ0n) is 11.9. The van der Waals surface area contributed by atoms with Gasteiger partial charge in [0.25, 0.3) is 0 Å². The van der Waals surface area contributed by atoms with Crippen LogP contribution >= 0.6 is 0 Å². The summed E-state index contributed by atoms with van der Waals surface area (Å²) >= 11 is 0. The van der Waals surface area contributed by atoms with Gasteiger partial charge in [-0.2, -0.15) is 15.0 Å². The van der Waals surface area contributed by atoms with E-state index in [0.717, 1.165) is 24.9 Å². The Morgan fingerprint density at radius 1 is 1.10 bits per heavy atom. The molecule has 0 bridgehead atoms. The number of hydrogen-bond donors (Lipinski definition) is 1. The van der Waals surface area contributed by atoms with Crippen molar-refractivity contribution in [2.24, 2.45) is 7.05 Å². The van der Waals surface area contributed by atoms with E-state index in [-0.39, 0.29) is 0 Å². The second-order valence-corrected chi connectivity index (χ2v) is 4.94. The Morgan fingerprint density at radius 2 is 1.90 bits per heavy atom. The summed E-state index contributed by atoms with van der Waals surface area (Å²) in [6, 6.07) is 0. The van der Waals surface area contributed by atoms with Gasteiger partial charge in [-0.3, -0.25) is 0 Å². The van der Waals surface area contributed by atoms with Crippen molar-refractivity contribution in [3.63, 3.8) is 0 Å². The molecule has 7 nitrogen and oxygen atoms in total. The van der Waals surface area contributed by atoms with Gasteiger partial charge in [-0.1, -0.05) is 0 Å². The van der Waals surface area contributed by atoms with Gasteiger partial charge >= 0.3 is 0 Å². The number of rotatable bonds is 3. The minimum atomic E-state index is 0.582. The van der Waals surface area contributed by atoms with Gasteiger partial charge in [0.15, 0.2) is 5.82 Å². The highest BCUT2D eigenvalue weighted by atomic mass is 15.3. The summed E-state index contributed by atoms with van der Waals surface area (Å²) in [7, 11) is 3.75. The van der Waals surface area contributed by atoms with Crippen molar-refractivity contribution in [1.82, 2.24) is 24.5 Å². The Morgan fingerprint density at radius 3 is 2.55 bits per heavy atom. The van der Waals surface area contributed by atoms with Crippen LogP contribution in [0.15, 0.2) is 12.4 Å². The Kier molecular flexibility index (Phi) is 3.49. The van der Waals surface area contributed by atoms with Crippen molar-refractivity contribution in [1.29, 1.82) is 0 Å². The van der Waals surface area contributed by atoms with Gasteiger partial charge in [-0.15, -0.1) is 0 Å². The van der Waals surface area contributed by atoms with Crippen molar-refractivity contribution in [3.8, 4) is 11.6 Å². The van der Waals surface area contributed by atoms with E-state index in [1.165, 1.54) is 19.3 Å². The number of aromatic nitrogens is 5. The molecule has 3 heterocycles. The van der Waals surface area contributed by atoms with Crippen LogP contribution in [0.3, 0.4) is 0 Å². The maximum absolute atomic E-state index is 4.59. The molecule has 1 aliphatic heterocycles. The Bertz CT molecular complexity index is 586. The molecular formula is C13H19N7. The van der Waals surface area contributed by atoms with Crippen molar-refractivity contribution in [2.75, 3.05) is 30.4 Å². The number of hydrogen-bond acceptors (Lipinski definition) is 6. The smallest absolute Gasteiger partial charge is 0.230 e. The van der Waals surface area contributed by atoms with E-state index in [2.05, 4.69) is 30.2 Å². The summed E-state index contributed by atoms with van der Waals surface area (Å²) in [5.74, 6) is 2.68. The van der Waals surface area contributed by atoms with Crippen LogP contribution in [-0.2, 0) is 7.05 Å². The van der Waals surface area contributed by atoms with Gasteiger partial charge in [0.2, 0.25) is 17.7 Å². The Labute approximate surface area is 118 Å². The van der Waals surface area contributed by atoms with E-state index < -0.39 is 0 Å². The van der Waals surface area contributed by atoms with Crippen molar-refractivity contribution in [2.45, 2.75) is 19.3 Å². The molecule has 0 radical (unpaired) electrons. The molecule has 0 atom stereocenters. The lowest BCUT2D eigenvalue weighted by Crippen LogP contribution is -2.31. The quantitative estimate of drug-likeness (QED) is 0.909. The molecule has 1 saturated heterocycles. The largest absolute Gasteiger partial charge is 0.357 e. The molecule has 0 saturated carbocycles. The number of nitrogens with one attached hydrogen (secondary N) is 1. The molecule has 2 aromatic rings. The average molecular weight is 273 g/mol. The van der Waals surface area contributed by atoms with Gasteiger partial charge in [-0.05, 0) is 19.3 Å². The summed E-state index contributed by atoms with van der Waals surface area (Å²) in [5.41, 5.74) is 0. The number of imidazole rings is 1. The fraction of sp³-hybridized carbons (Fsp3) is 0.538. The molecular weight excluding hydrogens is 254 g/mol. The second kappa shape index (κ2) is 5.44. The molecule has 1 fully saturated rings. The van der Waals surface area contributed by atoms with Crippen LogP contribution in [0.5, 0.6) is 0 Å². The molecule has 0 unspecified atom stereocenters. The number of nitrogens with zero attached hydrogens (tertiary/aromatic N) is 6. The first-order valence-electron chi connectivity index (χ1n) is 6.94. The molecule has 0 aromatic carbocycles. The highest BCUT2D eigenvalue weighted by molar-refractivity contribution is 5.51. The molecule has 1 N–H and O–H groups in total. The zero-order chi connectivity index (χ0) is 13.9. The highest BCUT2D eigenvalue weighted by Crippen LogP contribution is 2.20. The van der Waals surface area contributed by atoms with Crippen LogP contribution in [0, 0.1) is 0 Å². The first-order chi connectivity index (χ1) is 9.78. The lowest BCUT2D eigenvalue weighted by Gasteiger charge is -2.26. The summed E-state index contributed by atoms with van der Waals surface area (Å²) in [4.78, 5) is 20.0. The minimum Gasteiger partial charge on any atom is -0.357 e. The third-order valence-electron chi connectivity index (χ3n) is 3.51. The molecule has 0 amide bonds. The predicted molar refractivity (Wildman–Crippen MR) is 77.6 cm³/mol. The van der Waals surface area contributed by atoms with Crippen LogP contribution in [0.4, 0.5) is 11.9 Å². The van der Waals surface area contributed by atoms with E-state index in [1.807, 2.05) is 24.9 Å². The molecule has 2 aromatic heterocycles. The van der Waals surface area contributed by atoms with Crippen LogP contribution in [-0.4, -0.2) is 44.6 Å². The van der Waals surface area contributed by atoms with Gasteiger partial charge in [0.1, 0.15) is 0 Å². The van der Waals surface area contributed by atoms with Crippen LogP contribution in [0.1, 0.15) is 19.3 Å². The van der Waals surface area contributed by atoms with E-state index >= 15 is 0 Å². The predicted octanol–water partition coefficient (Wildman–Crippen LogP) is 1.30. The second-order valence-electron chi connectivity index (χ2n) is 4.94. The van der Waals surface area contributed by atoms with Gasteiger partial charge < -0.3 is 14.8 Å².